The lowest BCUT2D eigenvalue weighted by Crippen LogP contribution is -2.45. The van der Waals surface area contributed by atoms with E-state index in [1.165, 1.54) is 78.2 Å². The maximum atomic E-state index is 4.50. The minimum Gasteiger partial charge on any atom is -0.371 e. The van der Waals surface area contributed by atoms with E-state index < -0.39 is 0 Å². The van der Waals surface area contributed by atoms with E-state index in [1.54, 1.807) is 0 Å². The zero-order valence-corrected chi connectivity index (χ0v) is 29.7. The van der Waals surface area contributed by atoms with Crippen molar-refractivity contribution in [2.24, 2.45) is 11.7 Å². The third kappa shape index (κ3) is 17.7. The minimum atomic E-state index is 0. The maximum Gasteiger partial charge on any atom is 0.0372 e. The zero-order chi connectivity index (χ0) is 32.1. The Morgan fingerprint density at radius 2 is 1.47 bits per heavy atom. The van der Waals surface area contributed by atoms with Gasteiger partial charge in [-0.3, -0.25) is 0 Å². The van der Waals surface area contributed by atoms with Crippen molar-refractivity contribution in [3.05, 3.63) is 64.2 Å². The van der Waals surface area contributed by atoms with Crippen LogP contribution in [0.4, 0.5) is 5.69 Å². The molecule has 1 aliphatic rings. The molecule has 0 bridgehead atoms. The van der Waals surface area contributed by atoms with Gasteiger partial charge >= 0.3 is 0 Å². The van der Waals surface area contributed by atoms with Crippen LogP contribution < -0.4 is 16.0 Å². The monoisotopic (exact) mass is 597 g/mol. The summed E-state index contributed by atoms with van der Waals surface area (Å²) in [6.45, 7) is 27.6. The zero-order valence-electron chi connectivity index (χ0n) is 29.7. The van der Waals surface area contributed by atoms with E-state index in [4.69, 9.17) is 0 Å². The topological polar surface area (TPSA) is 44.5 Å². The Bertz CT molecular complexity index is 982. The summed E-state index contributed by atoms with van der Waals surface area (Å²) in [7, 11) is 3.79. The molecule has 0 aliphatic carbocycles. The molecule has 0 atom stereocenters. The number of hydrogen-bond acceptors (Lipinski definition) is 4. The van der Waals surface area contributed by atoms with Crippen LogP contribution in [0.25, 0.3) is 11.6 Å². The van der Waals surface area contributed by atoms with Crippen LogP contribution in [0.3, 0.4) is 0 Å². The van der Waals surface area contributed by atoms with E-state index in [0.29, 0.717) is 6.04 Å². The van der Waals surface area contributed by atoms with Crippen molar-refractivity contribution in [3.63, 3.8) is 0 Å². The number of unbranched alkanes of at least 4 members (excludes halogenated alkanes) is 1. The lowest BCUT2D eigenvalue weighted by molar-refractivity contribution is 0.208. The Hall–Kier alpha value is -2.14. The van der Waals surface area contributed by atoms with Gasteiger partial charge in [0.2, 0.25) is 0 Å². The van der Waals surface area contributed by atoms with Crippen LogP contribution in [0.5, 0.6) is 0 Å². The maximum absolute atomic E-state index is 4.50. The lowest BCUT2D eigenvalue weighted by atomic mass is 9.97. The van der Waals surface area contributed by atoms with Crippen molar-refractivity contribution in [2.45, 2.75) is 115 Å². The van der Waals surface area contributed by atoms with E-state index in [1.807, 2.05) is 0 Å². The summed E-state index contributed by atoms with van der Waals surface area (Å²) >= 11 is 0. The van der Waals surface area contributed by atoms with Gasteiger partial charge in [-0.25, -0.2) is 0 Å². The van der Waals surface area contributed by atoms with Crippen LogP contribution in [-0.2, 0) is 0 Å². The fourth-order valence-corrected chi connectivity index (χ4v) is 4.71. The van der Waals surface area contributed by atoms with Crippen molar-refractivity contribution in [2.75, 3.05) is 51.7 Å². The van der Waals surface area contributed by atoms with Gasteiger partial charge in [0.1, 0.15) is 0 Å². The highest BCUT2D eigenvalue weighted by Crippen LogP contribution is 2.27. The van der Waals surface area contributed by atoms with Gasteiger partial charge in [0.15, 0.2) is 0 Å². The Balaban J connectivity index is 0. The normalized spacial score (nSPS) is 13.3. The number of likely N-dealkylation sites (N-methyl/N-ethyl adjacent to an activating group) is 1. The Morgan fingerprint density at radius 3 is 2.00 bits per heavy atom. The van der Waals surface area contributed by atoms with E-state index >= 15 is 0 Å². The number of piperidine rings is 1. The molecule has 0 saturated carbocycles. The summed E-state index contributed by atoms with van der Waals surface area (Å²) in [5, 5.41) is 3.53. The van der Waals surface area contributed by atoms with E-state index in [0.717, 1.165) is 38.6 Å². The smallest absolute Gasteiger partial charge is 0.0372 e. The summed E-state index contributed by atoms with van der Waals surface area (Å²) in [4.78, 5) is 5.12. The van der Waals surface area contributed by atoms with Crippen LogP contribution in [0.1, 0.15) is 116 Å². The second-order valence-corrected chi connectivity index (χ2v) is 12.4. The number of anilines is 1. The summed E-state index contributed by atoms with van der Waals surface area (Å²) in [6.07, 6.45) is 8.67. The average molecular weight is 597 g/mol. The van der Waals surface area contributed by atoms with Crippen LogP contribution >= 0.6 is 0 Å². The van der Waals surface area contributed by atoms with Gasteiger partial charge in [-0.15, -0.1) is 0 Å². The Labute approximate surface area is 269 Å². The van der Waals surface area contributed by atoms with Gasteiger partial charge in [-0.1, -0.05) is 92.2 Å². The largest absolute Gasteiger partial charge is 0.371 e. The van der Waals surface area contributed by atoms with Crippen LogP contribution in [-0.4, -0.2) is 57.8 Å². The van der Waals surface area contributed by atoms with Gasteiger partial charge in [0, 0.05) is 37.9 Å². The molecule has 2 aromatic rings. The van der Waals surface area contributed by atoms with Crippen LogP contribution in [0.2, 0.25) is 0 Å². The minimum absolute atomic E-state index is 0. The van der Waals surface area contributed by atoms with E-state index in [9.17, 15) is 0 Å². The van der Waals surface area contributed by atoms with Gasteiger partial charge in [-0.05, 0) is 119 Å². The van der Waals surface area contributed by atoms with Crippen molar-refractivity contribution < 1.29 is 0 Å². The molecule has 1 heterocycles. The number of aryl methyl sites for hydroxylation is 3. The highest BCUT2D eigenvalue weighted by molar-refractivity contribution is 5.82. The van der Waals surface area contributed by atoms with Gasteiger partial charge < -0.3 is 20.9 Å². The molecule has 43 heavy (non-hydrogen) atoms. The highest BCUT2D eigenvalue weighted by atomic mass is 15.2. The molecule has 3 rings (SSSR count). The summed E-state index contributed by atoms with van der Waals surface area (Å²) in [5.41, 5.74) is 13.9. The van der Waals surface area contributed by atoms with Crippen molar-refractivity contribution >= 4 is 17.3 Å². The first-order chi connectivity index (χ1) is 20.0. The third-order valence-electron chi connectivity index (χ3n) is 7.58. The molecule has 0 aromatic heterocycles. The Morgan fingerprint density at radius 1 is 0.907 bits per heavy atom. The standard InChI is InChI=1S/C29H43N3.2C4H10.CH5N.CH4/c1-7-13-30-14-17-31(6)28-11-15-32(16-12-28)29-10-8-9-26(21-29)25(5)20-27-19-23(3)22(2)18-24(27)4;1-4(2)3;1-3-4-2;1-2;/h8-10,18-21,28,30H,7,11-17H2,1-6H3;4H,1-3H3;3-4H2,1-2H3;2H2,1H3;1H4/b25-20+;;;;. The average Bonchev–Trinajstić information content (AvgIpc) is 2.99. The van der Waals surface area contributed by atoms with Gasteiger partial charge in [0.05, 0.1) is 0 Å². The molecule has 1 saturated heterocycles. The Kier molecular flexibility index (Phi) is 25.2. The predicted octanol–water partition coefficient (Wildman–Crippen LogP) is 9.75. The summed E-state index contributed by atoms with van der Waals surface area (Å²) in [5.74, 6) is 0.833. The molecule has 248 valence electrons. The van der Waals surface area contributed by atoms with Gasteiger partial charge in [0.25, 0.3) is 0 Å². The third-order valence-corrected chi connectivity index (χ3v) is 7.58. The molecule has 0 unspecified atom stereocenters. The van der Waals surface area contributed by atoms with Crippen molar-refractivity contribution in [1.29, 1.82) is 0 Å². The number of nitrogens with one attached hydrogen (secondary N) is 1. The molecule has 0 amide bonds. The molecule has 0 spiro atoms. The molecule has 0 radical (unpaired) electrons. The van der Waals surface area contributed by atoms with Crippen LogP contribution in [0.15, 0.2) is 36.4 Å². The molecule has 4 heteroatoms. The summed E-state index contributed by atoms with van der Waals surface area (Å²) in [6, 6.07) is 14.4. The fraction of sp³-hybridized carbons (Fsp3) is 0.641. The second-order valence-electron chi connectivity index (χ2n) is 12.4. The first kappa shape index (κ1) is 43.0. The van der Waals surface area contributed by atoms with E-state index in [2.05, 4.69) is 140 Å². The molecule has 3 N–H and O–H groups in total. The summed E-state index contributed by atoms with van der Waals surface area (Å²) < 4.78 is 0. The number of rotatable bonds is 10. The number of allylic oxidation sites excluding steroid dienone is 1. The molecule has 4 nitrogen and oxygen atoms in total. The lowest BCUT2D eigenvalue weighted by Gasteiger charge is -2.38. The molecule has 2 aromatic carbocycles. The molecular weight excluding hydrogens is 524 g/mol. The van der Waals surface area contributed by atoms with Crippen molar-refractivity contribution in [1.82, 2.24) is 10.2 Å². The van der Waals surface area contributed by atoms with Crippen molar-refractivity contribution in [3.8, 4) is 0 Å². The molecule has 1 aliphatic heterocycles. The van der Waals surface area contributed by atoms with Crippen LogP contribution in [0, 0.1) is 26.7 Å². The first-order valence-electron chi connectivity index (χ1n) is 16.6. The second kappa shape index (κ2) is 25.2. The SMILES string of the molecule is C.CC(C)C.CCCC.CCCNCCN(C)C1CCN(c2cccc(/C(C)=C/c3cc(C)c(C)cc3C)c2)CC1.CN. The van der Waals surface area contributed by atoms with Gasteiger partial charge in [-0.2, -0.15) is 0 Å². The highest BCUT2D eigenvalue weighted by Gasteiger charge is 2.22. The molecular formula is C39H72N4. The molecule has 1 fully saturated rings. The first-order valence-corrected chi connectivity index (χ1v) is 16.6. The fourth-order valence-electron chi connectivity index (χ4n) is 4.71. The predicted molar refractivity (Wildman–Crippen MR) is 200 cm³/mol. The number of nitrogens with zero attached hydrogens (tertiary/aromatic N) is 2. The van der Waals surface area contributed by atoms with E-state index in [-0.39, 0.29) is 7.43 Å². The number of nitrogens with two attached hydrogens (primary N) is 1. The quantitative estimate of drug-likeness (QED) is 0.212. The number of hydrogen-bond donors (Lipinski definition) is 2. The number of benzene rings is 2.